The van der Waals surface area contributed by atoms with Crippen LogP contribution in [0.4, 0.5) is 0 Å². The van der Waals surface area contributed by atoms with Crippen LogP contribution in [0, 0.1) is 5.92 Å². The topological polar surface area (TPSA) is 3.24 Å². The second-order valence-electron chi connectivity index (χ2n) is 4.31. The summed E-state index contributed by atoms with van der Waals surface area (Å²) in [4.78, 5) is 2.59. The molecule has 1 heteroatoms. The first-order valence-corrected chi connectivity index (χ1v) is 6.03. The molecule has 0 amide bonds. The van der Waals surface area contributed by atoms with Crippen molar-refractivity contribution in [1.29, 1.82) is 0 Å². The molecule has 0 radical (unpaired) electrons. The molecule has 0 aromatic rings. The van der Waals surface area contributed by atoms with Crippen LogP contribution in [0.1, 0.15) is 48.0 Å². The van der Waals surface area contributed by atoms with Crippen molar-refractivity contribution in [2.75, 3.05) is 6.54 Å². The van der Waals surface area contributed by atoms with Crippen LogP contribution in [0.2, 0.25) is 0 Å². The fourth-order valence-electron chi connectivity index (χ4n) is 1.95. The normalized spacial score (nSPS) is 22.4. The third-order valence-electron chi connectivity index (χ3n) is 2.72. The summed E-state index contributed by atoms with van der Waals surface area (Å²) in [6, 6.07) is 1.44. The van der Waals surface area contributed by atoms with Gasteiger partial charge in [-0.15, -0.1) is 0 Å². The van der Waals surface area contributed by atoms with Crippen molar-refractivity contribution in [2.24, 2.45) is 5.92 Å². The van der Waals surface area contributed by atoms with Gasteiger partial charge in [0.15, 0.2) is 0 Å². The first kappa shape index (κ1) is 13.7. The minimum absolute atomic E-state index is 0.683. The molecule has 0 N–H and O–H groups in total. The smallest absolute Gasteiger partial charge is 0.0169 e. The molecule has 0 saturated heterocycles. The Morgan fingerprint density at radius 1 is 1.07 bits per heavy atom. The van der Waals surface area contributed by atoms with E-state index in [9.17, 15) is 0 Å². The molecule has 1 aliphatic heterocycles. The zero-order valence-corrected chi connectivity index (χ0v) is 10.7. The van der Waals surface area contributed by atoms with E-state index in [-0.39, 0.29) is 0 Å². The lowest BCUT2D eigenvalue weighted by Crippen LogP contribution is -2.44. The average molecular weight is 197 g/mol. The minimum Gasteiger partial charge on any atom is -0.294 e. The highest BCUT2D eigenvalue weighted by molar-refractivity contribution is 4.98. The van der Waals surface area contributed by atoms with E-state index in [0.717, 1.165) is 18.5 Å². The molecule has 1 atom stereocenters. The van der Waals surface area contributed by atoms with Gasteiger partial charge in [0, 0.05) is 18.6 Å². The molecule has 1 aliphatic rings. The number of hydrogen-bond donors (Lipinski definition) is 0. The van der Waals surface area contributed by atoms with Crippen LogP contribution in [0.5, 0.6) is 0 Å². The van der Waals surface area contributed by atoms with E-state index in [1.165, 1.54) is 6.42 Å². The van der Waals surface area contributed by atoms with Gasteiger partial charge in [-0.3, -0.25) is 4.90 Å². The summed E-state index contributed by atoms with van der Waals surface area (Å²) in [5.41, 5.74) is 0. The first-order valence-electron chi connectivity index (χ1n) is 6.03. The molecule has 0 spiro atoms. The molecule has 0 saturated carbocycles. The van der Waals surface area contributed by atoms with E-state index in [1.54, 1.807) is 0 Å². The summed E-state index contributed by atoms with van der Waals surface area (Å²) in [6.07, 6.45) is 5.85. The minimum atomic E-state index is 0.683. The molecule has 1 rings (SSSR count). The lowest BCUT2D eigenvalue weighted by molar-refractivity contribution is 0.127. The average Bonchev–Trinajstić information content (AvgIpc) is 2.20. The van der Waals surface area contributed by atoms with E-state index < -0.39 is 0 Å². The van der Waals surface area contributed by atoms with Crippen molar-refractivity contribution in [3.8, 4) is 0 Å². The van der Waals surface area contributed by atoms with E-state index in [4.69, 9.17) is 0 Å². The predicted molar refractivity (Wildman–Crippen MR) is 65.6 cm³/mol. The highest BCUT2D eigenvalue weighted by Crippen LogP contribution is 2.20. The Kier molecular flexibility index (Phi) is 6.90. The SMILES string of the molecule is CC.CC(C)C1CC=CCN1C(C)C. The summed E-state index contributed by atoms with van der Waals surface area (Å²) < 4.78 is 0. The number of hydrogen-bond acceptors (Lipinski definition) is 1. The van der Waals surface area contributed by atoms with Crippen LogP contribution in [0.3, 0.4) is 0 Å². The zero-order valence-electron chi connectivity index (χ0n) is 10.7. The maximum atomic E-state index is 2.59. The van der Waals surface area contributed by atoms with Gasteiger partial charge in [0.05, 0.1) is 0 Å². The van der Waals surface area contributed by atoms with Gasteiger partial charge < -0.3 is 0 Å². The molecule has 0 aromatic carbocycles. The van der Waals surface area contributed by atoms with Crippen LogP contribution in [0.15, 0.2) is 12.2 Å². The van der Waals surface area contributed by atoms with Gasteiger partial charge >= 0.3 is 0 Å². The molecular weight excluding hydrogens is 170 g/mol. The summed E-state index contributed by atoms with van der Waals surface area (Å²) in [7, 11) is 0. The summed E-state index contributed by atoms with van der Waals surface area (Å²) in [5.74, 6) is 0.775. The van der Waals surface area contributed by atoms with Crippen molar-refractivity contribution in [1.82, 2.24) is 4.90 Å². The van der Waals surface area contributed by atoms with Crippen molar-refractivity contribution >= 4 is 0 Å². The van der Waals surface area contributed by atoms with E-state index in [0.29, 0.717) is 6.04 Å². The standard InChI is InChI=1S/C11H21N.C2H6/c1-9(2)11-7-5-6-8-12(11)10(3)4;1-2/h5-6,9-11H,7-8H2,1-4H3;1-2H3. The molecule has 1 unspecified atom stereocenters. The van der Waals surface area contributed by atoms with Gasteiger partial charge in [0.25, 0.3) is 0 Å². The fourth-order valence-corrected chi connectivity index (χ4v) is 1.95. The van der Waals surface area contributed by atoms with Crippen LogP contribution < -0.4 is 0 Å². The Bertz CT molecular complexity index is 141. The molecule has 84 valence electrons. The summed E-state index contributed by atoms with van der Waals surface area (Å²) >= 11 is 0. The highest BCUT2D eigenvalue weighted by Gasteiger charge is 2.23. The Morgan fingerprint density at radius 3 is 2.00 bits per heavy atom. The molecular formula is C13H27N. The lowest BCUT2D eigenvalue weighted by Gasteiger charge is -2.38. The van der Waals surface area contributed by atoms with Crippen molar-refractivity contribution < 1.29 is 0 Å². The Balaban J connectivity index is 0.000000791. The molecule has 1 heterocycles. The molecule has 0 aliphatic carbocycles. The fraction of sp³-hybridized carbons (Fsp3) is 0.846. The molecule has 14 heavy (non-hydrogen) atoms. The highest BCUT2D eigenvalue weighted by atomic mass is 15.2. The van der Waals surface area contributed by atoms with Crippen LogP contribution in [-0.2, 0) is 0 Å². The molecule has 0 bridgehead atoms. The van der Waals surface area contributed by atoms with Gasteiger partial charge in [0.2, 0.25) is 0 Å². The van der Waals surface area contributed by atoms with Gasteiger partial charge in [-0.25, -0.2) is 0 Å². The molecule has 0 aromatic heterocycles. The monoisotopic (exact) mass is 197 g/mol. The van der Waals surface area contributed by atoms with Gasteiger partial charge in [-0.2, -0.15) is 0 Å². The van der Waals surface area contributed by atoms with Crippen LogP contribution >= 0.6 is 0 Å². The van der Waals surface area contributed by atoms with E-state index >= 15 is 0 Å². The van der Waals surface area contributed by atoms with E-state index in [1.807, 2.05) is 13.8 Å². The molecule has 0 fully saturated rings. The van der Waals surface area contributed by atoms with Crippen LogP contribution in [-0.4, -0.2) is 23.5 Å². The van der Waals surface area contributed by atoms with Crippen molar-refractivity contribution in [3.63, 3.8) is 0 Å². The van der Waals surface area contributed by atoms with Gasteiger partial charge in [-0.05, 0) is 26.2 Å². The lowest BCUT2D eigenvalue weighted by atomic mass is 9.95. The van der Waals surface area contributed by atoms with Gasteiger partial charge in [0.1, 0.15) is 0 Å². The maximum absolute atomic E-state index is 2.59. The van der Waals surface area contributed by atoms with Gasteiger partial charge in [-0.1, -0.05) is 39.8 Å². The zero-order chi connectivity index (χ0) is 11.1. The third-order valence-corrected chi connectivity index (χ3v) is 2.72. The number of nitrogens with zero attached hydrogens (tertiary/aromatic N) is 1. The van der Waals surface area contributed by atoms with Crippen LogP contribution in [0.25, 0.3) is 0 Å². The summed E-state index contributed by atoms with van der Waals surface area (Å²) in [6.45, 7) is 14.3. The Labute approximate surface area is 90.2 Å². The molecule has 1 nitrogen and oxygen atoms in total. The van der Waals surface area contributed by atoms with Crippen molar-refractivity contribution in [3.05, 3.63) is 12.2 Å². The Morgan fingerprint density at radius 2 is 1.64 bits per heavy atom. The summed E-state index contributed by atoms with van der Waals surface area (Å²) in [5, 5.41) is 0. The first-order chi connectivity index (χ1) is 6.63. The van der Waals surface area contributed by atoms with Crippen molar-refractivity contribution in [2.45, 2.75) is 60.0 Å². The largest absolute Gasteiger partial charge is 0.294 e. The third kappa shape index (κ3) is 3.83. The quantitative estimate of drug-likeness (QED) is 0.610. The maximum Gasteiger partial charge on any atom is 0.0169 e. The van der Waals surface area contributed by atoms with E-state index in [2.05, 4.69) is 44.7 Å². The second kappa shape index (κ2) is 7.05. The number of rotatable bonds is 2. The Hall–Kier alpha value is -0.300. The second-order valence-corrected chi connectivity index (χ2v) is 4.31. The predicted octanol–water partition coefficient (Wildman–Crippen LogP) is 3.71.